The molecule has 128 valence electrons. The van der Waals surface area contributed by atoms with Gasteiger partial charge >= 0.3 is 5.97 Å². The zero-order valence-electron chi connectivity index (χ0n) is 13.4. The molecule has 0 unspecified atom stereocenters. The van der Waals surface area contributed by atoms with Crippen LogP contribution in [0.15, 0.2) is 40.3 Å². The van der Waals surface area contributed by atoms with Crippen LogP contribution in [0.25, 0.3) is 10.8 Å². The number of esters is 1. The van der Waals surface area contributed by atoms with Crippen LogP contribution in [0.1, 0.15) is 29.0 Å². The highest BCUT2D eigenvalue weighted by Crippen LogP contribution is 2.24. The maximum Gasteiger partial charge on any atom is 0.359 e. The summed E-state index contributed by atoms with van der Waals surface area (Å²) in [5, 5.41) is 10.0. The Labute approximate surface area is 148 Å². The van der Waals surface area contributed by atoms with Crippen molar-refractivity contribution in [1.82, 2.24) is 15.2 Å². The fourth-order valence-electron chi connectivity index (χ4n) is 2.65. The number of carbonyl (C=O) groups excluding carboxylic acids is 1. The number of rotatable bonds is 5. The van der Waals surface area contributed by atoms with Crippen LogP contribution in [0.3, 0.4) is 0 Å². The van der Waals surface area contributed by atoms with E-state index in [0.29, 0.717) is 11.6 Å². The third-order valence-electron chi connectivity index (χ3n) is 3.92. The number of nitrogens with zero attached hydrogens (tertiary/aromatic N) is 4. The number of carbonyl (C=O) groups is 1. The predicted molar refractivity (Wildman–Crippen MR) is 92.4 cm³/mol. The van der Waals surface area contributed by atoms with Crippen LogP contribution in [0.2, 0.25) is 0 Å². The molecule has 1 saturated heterocycles. The number of hydrogen-bond acceptors (Lipinski definition) is 8. The summed E-state index contributed by atoms with van der Waals surface area (Å²) in [5.74, 6) is 0.795. The second kappa shape index (κ2) is 7.02. The number of aromatic nitrogens is 3. The van der Waals surface area contributed by atoms with Crippen molar-refractivity contribution in [3.63, 3.8) is 0 Å². The van der Waals surface area contributed by atoms with E-state index in [1.54, 1.807) is 12.1 Å². The fraction of sp³-hybridized carbons (Fsp3) is 0.294. The first-order valence-corrected chi connectivity index (χ1v) is 8.91. The largest absolute Gasteiger partial charge is 0.454 e. The minimum atomic E-state index is -0.527. The molecule has 0 N–H and O–H groups in total. The predicted octanol–water partition coefficient (Wildman–Crippen LogP) is 3.15. The molecule has 1 aliphatic heterocycles. The molecule has 0 radical (unpaired) electrons. The third kappa shape index (κ3) is 3.53. The summed E-state index contributed by atoms with van der Waals surface area (Å²) in [6.45, 7) is 2.00. The minimum absolute atomic E-state index is 0.0310. The molecule has 0 bridgehead atoms. The highest BCUT2D eigenvalue weighted by atomic mass is 32.1. The lowest BCUT2D eigenvalue weighted by Crippen LogP contribution is -2.20. The highest BCUT2D eigenvalue weighted by Gasteiger charge is 2.16. The minimum Gasteiger partial charge on any atom is -0.454 e. The average molecular weight is 356 g/mol. The summed E-state index contributed by atoms with van der Waals surface area (Å²) in [4.78, 5) is 19.5. The Hall–Kier alpha value is -2.74. The molecule has 3 aromatic rings. The topological polar surface area (TPSA) is 81.4 Å². The van der Waals surface area contributed by atoms with E-state index in [4.69, 9.17) is 9.15 Å². The van der Waals surface area contributed by atoms with Crippen molar-refractivity contribution in [3.05, 3.63) is 47.3 Å². The molecule has 25 heavy (non-hydrogen) atoms. The Bertz CT molecular complexity index is 839. The van der Waals surface area contributed by atoms with Gasteiger partial charge in [-0.05, 0) is 36.4 Å². The summed E-state index contributed by atoms with van der Waals surface area (Å²) < 4.78 is 10.6. The van der Waals surface area contributed by atoms with Crippen LogP contribution in [0.4, 0.5) is 5.82 Å². The number of anilines is 1. The van der Waals surface area contributed by atoms with Crippen molar-refractivity contribution in [2.24, 2.45) is 0 Å². The lowest BCUT2D eigenvalue weighted by Gasteiger charge is -2.14. The Kier molecular flexibility index (Phi) is 4.43. The van der Waals surface area contributed by atoms with E-state index in [0.717, 1.165) is 36.6 Å². The summed E-state index contributed by atoms with van der Waals surface area (Å²) in [5.41, 5.74) is 0.739. The van der Waals surface area contributed by atoms with Gasteiger partial charge in [-0.25, -0.2) is 9.78 Å². The van der Waals surface area contributed by atoms with E-state index in [2.05, 4.69) is 20.1 Å². The van der Waals surface area contributed by atoms with Gasteiger partial charge in [0.05, 0.1) is 4.88 Å². The zero-order chi connectivity index (χ0) is 17.1. The average Bonchev–Trinajstić information content (AvgIpc) is 3.42. The Morgan fingerprint density at radius 1 is 1.24 bits per heavy atom. The standard InChI is InChI=1S/C17H16N4O3S/c22-17(13-5-6-15(20-19-13)21-7-1-2-8-21)24-11-12-10-23-16(18-12)14-4-3-9-25-14/h3-6,9-10H,1-2,7-8,11H2. The lowest BCUT2D eigenvalue weighted by molar-refractivity contribution is 0.0459. The second-order valence-corrected chi connectivity index (χ2v) is 6.62. The SMILES string of the molecule is O=C(OCc1coc(-c2cccs2)n1)c1ccc(N2CCCC2)nn1. The molecule has 3 aromatic heterocycles. The third-order valence-corrected chi connectivity index (χ3v) is 4.78. The summed E-state index contributed by atoms with van der Waals surface area (Å²) in [6, 6.07) is 7.29. The van der Waals surface area contributed by atoms with Gasteiger partial charge in [-0.15, -0.1) is 21.5 Å². The molecule has 4 rings (SSSR count). The summed E-state index contributed by atoms with van der Waals surface area (Å²) in [7, 11) is 0. The molecule has 1 aliphatic rings. The van der Waals surface area contributed by atoms with E-state index in [9.17, 15) is 4.79 Å². The first kappa shape index (κ1) is 15.8. The molecule has 0 spiro atoms. The Balaban J connectivity index is 1.35. The summed E-state index contributed by atoms with van der Waals surface area (Å²) >= 11 is 1.54. The van der Waals surface area contributed by atoms with E-state index < -0.39 is 5.97 Å². The van der Waals surface area contributed by atoms with Gasteiger partial charge < -0.3 is 14.1 Å². The Morgan fingerprint density at radius 3 is 2.84 bits per heavy atom. The van der Waals surface area contributed by atoms with E-state index in [-0.39, 0.29) is 12.3 Å². The lowest BCUT2D eigenvalue weighted by atomic mass is 10.3. The molecule has 0 saturated carbocycles. The fourth-order valence-corrected chi connectivity index (χ4v) is 3.30. The number of oxazole rings is 1. The smallest absolute Gasteiger partial charge is 0.359 e. The molecular formula is C17H16N4O3S. The molecule has 0 amide bonds. The molecular weight excluding hydrogens is 340 g/mol. The van der Waals surface area contributed by atoms with Crippen LogP contribution in [0.5, 0.6) is 0 Å². The first-order valence-electron chi connectivity index (χ1n) is 8.04. The van der Waals surface area contributed by atoms with Crippen LogP contribution >= 0.6 is 11.3 Å². The molecule has 8 heteroatoms. The van der Waals surface area contributed by atoms with Gasteiger partial charge in [0.1, 0.15) is 18.6 Å². The summed E-state index contributed by atoms with van der Waals surface area (Å²) in [6.07, 6.45) is 3.82. The van der Waals surface area contributed by atoms with Gasteiger partial charge in [-0.3, -0.25) is 0 Å². The monoisotopic (exact) mass is 356 g/mol. The van der Waals surface area contributed by atoms with Crippen molar-refractivity contribution >= 4 is 23.1 Å². The van der Waals surface area contributed by atoms with Gasteiger partial charge in [0.25, 0.3) is 0 Å². The van der Waals surface area contributed by atoms with Crippen LogP contribution in [-0.2, 0) is 11.3 Å². The number of hydrogen-bond donors (Lipinski definition) is 0. The quantitative estimate of drug-likeness (QED) is 0.650. The van der Waals surface area contributed by atoms with Gasteiger partial charge in [0, 0.05) is 13.1 Å². The Morgan fingerprint density at radius 2 is 2.12 bits per heavy atom. The molecule has 0 atom stereocenters. The van der Waals surface area contributed by atoms with Crippen molar-refractivity contribution in [3.8, 4) is 10.8 Å². The zero-order valence-corrected chi connectivity index (χ0v) is 14.2. The van der Waals surface area contributed by atoms with Crippen LogP contribution < -0.4 is 4.90 Å². The first-order chi connectivity index (χ1) is 12.3. The van der Waals surface area contributed by atoms with Gasteiger partial charge in [0.15, 0.2) is 11.5 Å². The van der Waals surface area contributed by atoms with Gasteiger partial charge in [-0.2, -0.15) is 0 Å². The maximum absolute atomic E-state index is 12.1. The van der Waals surface area contributed by atoms with Crippen LogP contribution in [0, 0.1) is 0 Å². The maximum atomic E-state index is 12.1. The molecule has 4 heterocycles. The van der Waals surface area contributed by atoms with E-state index >= 15 is 0 Å². The van der Waals surface area contributed by atoms with E-state index in [1.807, 2.05) is 17.5 Å². The van der Waals surface area contributed by atoms with E-state index in [1.165, 1.54) is 17.6 Å². The van der Waals surface area contributed by atoms with Crippen molar-refractivity contribution < 1.29 is 13.9 Å². The van der Waals surface area contributed by atoms with Gasteiger partial charge in [-0.1, -0.05) is 6.07 Å². The molecule has 0 aliphatic carbocycles. The number of ether oxygens (including phenoxy) is 1. The van der Waals surface area contributed by atoms with Crippen LogP contribution in [-0.4, -0.2) is 34.2 Å². The van der Waals surface area contributed by atoms with Crippen molar-refractivity contribution in [2.75, 3.05) is 18.0 Å². The highest BCUT2D eigenvalue weighted by molar-refractivity contribution is 7.13. The molecule has 1 fully saturated rings. The second-order valence-electron chi connectivity index (χ2n) is 5.67. The van der Waals surface area contributed by atoms with Gasteiger partial charge in [0.2, 0.25) is 5.89 Å². The number of thiophene rings is 1. The van der Waals surface area contributed by atoms with Crippen molar-refractivity contribution in [2.45, 2.75) is 19.4 Å². The molecule has 7 nitrogen and oxygen atoms in total. The van der Waals surface area contributed by atoms with Crippen molar-refractivity contribution in [1.29, 1.82) is 0 Å². The molecule has 0 aromatic carbocycles. The normalized spacial score (nSPS) is 14.0.